The largest absolute Gasteiger partial charge is 0.368 e. The van der Waals surface area contributed by atoms with Gasteiger partial charge >= 0.3 is 0 Å². The molecule has 0 radical (unpaired) electrons. The first-order chi connectivity index (χ1) is 10.6. The van der Waals surface area contributed by atoms with Crippen molar-refractivity contribution < 1.29 is 8.78 Å². The number of aromatic nitrogens is 4. The minimum atomic E-state index is -2.63. The summed E-state index contributed by atoms with van der Waals surface area (Å²) < 4.78 is 26.0. The summed E-state index contributed by atoms with van der Waals surface area (Å²) in [7, 11) is 1.91. The maximum absolute atomic E-state index is 13.0. The molecule has 4 N–H and O–H groups in total. The second-order valence-electron chi connectivity index (χ2n) is 5.19. The number of hydrogen-bond donors (Lipinski definition) is 3. The number of aromatic amines is 1. The second kappa shape index (κ2) is 5.84. The molecule has 7 nitrogen and oxygen atoms in total. The summed E-state index contributed by atoms with van der Waals surface area (Å²) in [6, 6.07) is 2.04. The van der Waals surface area contributed by atoms with Crippen LogP contribution >= 0.6 is 0 Å². The van der Waals surface area contributed by atoms with E-state index in [1.807, 2.05) is 7.05 Å². The molecule has 1 fully saturated rings. The number of nitrogens with two attached hydrogens (primary N) is 1. The molecular weight excluding hydrogens is 292 g/mol. The number of H-pyrrole nitrogens is 1. The van der Waals surface area contributed by atoms with Crippen molar-refractivity contribution in [3.63, 3.8) is 0 Å². The summed E-state index contributed by atoms with van der Waals surface area (Å²) in [5, 5.41) is 9.45. The molecule has 3 rings (SSSR count). The molecule has 1 saturated heterocycles. The number of nitrogen functional groups attached to an aromatic ring is 1. The maximum Gasteiger partial charge on any atom is 0.267 e. The quantitative estimate of drug-likeness (QED) is 0.785. The highest BCUT2D eigenvalue weighted by molar-refractivity contribution is 5.64. The van der Waals surface area contributed by atoms with Gasteiger partial charge in [-0.3, -0.25) is 5.10 Å². The molecule has 0 bridgehead atoms. The second-order valence-corrected chi connectivity index (χ2v) is 5.19. The summed E-state index contributed by atoms with van der Waals surface area (Å²) in [5.74, 6) is 0.685. The Hall–Kier alpha value is -2.29. The zero-order valence-electron chi connectivity index (χ0n) is 12.1. The van der Waals surface area contributed by atoms with E-state index in [0.29, 0.717) is 17.6 Å². The molecular formula is C13H17F2N7. The van der Waals surface area contributed by atoms with Crippen molar-refractivity contribution in [1.82, 2.24) is 25.5 Å². The van der Waals surface area contributed by atoms with E-state index in [1.165, 1.54) is 0 Å². The number of nitrogens with one attached hydrogen (secondary N) is 2. The molecule has 118 valence electrons. The van der Waals surface area contributed by atoms with Crippen molar-refractivity contribution >= 4 is 11.8 Å². The molecule has 9 heteroatoms. The third-order valence-corrected chi connectivity index (χ3v) is 3.81. The lowest BCUT2D eigenvalue weighted by Gasteiger charge is -2.18. The molecule has 1 aliphatic rings. The Labute approximate surface area is 125 Å². The lowest BCUT2D eigenvalue weighted by atomic mass is 10.2. The highest BCUT2D eigenvalue weighted by Crippen LogP contribution is 2.30. The van der Waals surface area contributed by atoms with Gasteiger partial charge in [0.2, 0.25) is 5.95 Å². The van der Waals surface area contributed by atoms with Crippen molar-refractivity contribution in [2.45, 2.75) is 18.9 Å². The van der Waals surface area contributed by atoms with Crippen LogP contribution in [-0.4, -0.2) is 46.3 Å². The smallest absolute Gasteiger partial charge is 0.267 e. The van der Waals surface area contributed by atoms with Crippen molar-refractivity contribution in [2.24, 2.45) is 0 Å². The van der Waals surface area contributed by atoms with Crippen LogP contribution in [0.15, 0.2) is 12.3 Å². The van der Waals surface area contributed by atoms with E-state index in [9.17, 15) is 8.78 Å². The molecule has 1 atom stereocenters. The first kappa shape index (κ1) is 14.6. The average molecular weight is 309 g/mol. The molecule has 0 unspecified atom stereocenters. The van der Waals surface area contributed by atoms with Gasteiger partial charge in [0.15, 0.2) is 0 Å². The Morgan fingerprint density at radius 1 is 1.45 bits per heavy atom. The van der Waals surface area contributed by atoms with E-state index in [4.69, 9.17) is 5.73 Å². The van der Waals surface area contributed by atoms with Gasteiger partial charge in [-0.25, -0.2) is 13.8 Å². The lowest BCUT2D eigenvalue weighted by Crippen LogP contribution is -2.30. The van der Waals surface area contributed by atoms with Crippen LogP contribution in [0.3, 0.4) is 0 Å². The van der Waals surface area contributed by atoms with Crippen LogP contribution in [0.2, 0.25) is 0 Å². The number of hydrogen-bond acceptors (Lipinski definition) is 6. The van der Waals surface area contributed by atoms with E-state index in [0.717, 1.165) is 25.7 Å². The molecule has 22 heavy (non-hydrogen) atoms. The molecule has 0 aromatic carbocycles. The van der Waals surface area contributed by atoms with E-state index in [2.05, 4.69) is 30.4 Å². The summed E-state index contributed by atoms with van der Waals surface area (Å²) in [6.07, 6.45) is -0.540. The van der Waals surface area contributed by atoms with Crippen LogP contribution in [0.25, 0.3) is 11.4 Å². The molecule has 2 aromatic rings. The monoisotopic (exact) mass is 309 g/mol. The van der Waals surface area contributed by atoms with Gasteiger partial charge in [-0.05, 0) is 13.5 Å². The Morgan fingerprint density at radius 3 is 2.95 bits per heavy atom. The van der Waals surface area contributed by atoms with Gasteiger partial charge in [0, 0.05) is 25.2 Å². The van der Waals surface area contributed by atoms with Gasteiger partial charge in [0.25, 0.3) is 6.43 Å². The standard InChI is InChI=1S/C13H17F2N7/c1-17-7-2-3-22(6-7)10-4-9(19-13(16)20-10)11-8(12(14)15)5-18-21-11/h4-5,7,12,17H,2-3,6H2,1H3,(H,18,21)(H2,16,19,20)/t7-/m1/s1. The molecule has 0 aliphatic carbocycles. The third-order valence-electron chi connectivity index (χ3n) is 3.81. The molecule has 0 saturated carbocycles. The van der Waals surface area contributed by atoms with Crippen molar-refractivity contribution in [1.29, 1.82) is 0 Å². The zero-order valence-corrected chi connectivity index (χ0v) is 12.1. The maximum atomic E-state index is 13.0. The Balaban J connectivity index is 1.95. The Kier molecular flexibility index (Phi) is 3.88. The topological polar surface area (TPSA) is 95.8 Å². The SMILES string of the molecule is CN[C@@H]1CCN(c2cc(-c3[nH]ncc3C(F)F)nc(N)n2)C1. The normalized spacial score (nSPS) is 18.4. The van der Waals surface area contributed by atoms with Gasteiger partial charge < -0.3 is 16.0 Å². The predicted molar refractivity (Wildman–Crippen MR) is 78.7 cm³/mol. The van der Waals surface area contributed by atoms with Gasteiger partial charge in [0.1, 0.15) is 5.82 Å². The molecule has 0 amide bonds. The van der Waals surface area contributed by atoms with Gasteiger partial charge in [-0.2, -0.15) is 10.1 Å². The summed E-state index contributed by atoms with van der Waals surface area (Å²) in [6.45, 7) is 1.61. The van der Waals surface area contributed by atoms with Crippen LogP contribution in [0.5, 0.6) is 0 Å². The van der Waals surface area contributed by atoms with Crippen LogP contribution in [0, 0.1) is 0 Å². The number of alkyl halides is 2. The highest BCUT2D eigenvalue weighted by atomic mass is 19.3. The van der Waals surface area contributed by atoms with Crippen molar-refractivity contribution in [3.05, 3.63) is 17.8 Å². The minimum Gasteiger partial charge on any atom is -0.368 e. The lowest BCUT2D eigenvalue weighted by molar-refractivity contribution is 0.152. The Bertz CT molecular complexity index is 658. The van der Waals surface area contributed by atoms with E-state index in [-0.39, 0.29) is 17.2 Å². The number of likely N-dealkylation sites (N-methyl/N-ethyl adjacent to an activating group) is 1. The fourth-order valence-electron chi connectivity index (χ4n) is 2.61. The molecule has 1 aliphatic heterocycles. The fraction of sp³-hybridized carbons (Fsp3) is 0.462. The van der Waals surface area contributed by atoms with Gasteiger partial charge in [-0.15, -0.1) is 0 Å². The van der Waals surface area contributed by atoms with E-state index < -0.39 is 6.43 Å². The number of nitrogens with zero attached hydrogens (tertiary/aromatic N) is 4. The van der Waals surface area contributed by atoms with Gasteiger partial charge in [-0.1, -0.05) is 0 Å². The molecule has 3 heterocycles. The Morgan fingerprint density at radius 2 is 2.27 bits per heavy atom. The average Bonchev–Trinajstić information content (AvgIpc) is 3.15. The first-order valence-corrected chi connectivity index (χ1v) is 6.97. The fourth-order valence-corrected chi connectivity index (χ4v) is 2.61. The zero-order chi connectivity index (χ0) is 15.7. The van der Waals surface area contributed by atoms with Gasteiger partial charge in [0.05, 0.1) is 23.1 Å². The van der Waals surface area contributed by atoms with Crippen molar-refractivity contribution in [2.75, 3.05) is 30.8 Å². The predicted octanol–water partition coefficient (Wildman–Crippen LogP) is 1.18. The summed E-state index contributed by atoms with van der Waals surface area (Å²) in [4.78, 5) is 10.3. The molecule has 0 spiro atoms. The van der Waals surface area contributed by atoms with Crippen molar-refractivity contribution in [3.8, 4) is 11.4 Å². The first-order valence-electron chi connectivity index (χ1n) is 6.97. The highest BCUT2D eigenvalue weighted by Gasteiger charge is 2.24. The number of anilines is 2. The van der Waals surface area contributed by atoms with E-state index in [1.54, 1.807) is 6.07 Å². The van der Waals surface area contributed by atoms with Crippen LogP contribution in [0.4, 0.5) is 20.5 Å². The van der Waals surface area contributed by atoms with Crippen LogP contribution in [0.1, 0.15) is 18.4 Å². The molecule has 2 aromatic heterocycles. The summed E-state index contributed by atoms with van der Waals surface area (Å²) in [5.41, 5.74) is 6.04. The van der Waals surface area contributed by atoms with E-state index >= 15 is 0 Å². The van der Waals surface area contributed by atoms with Crippen LogP contribution < -0.4 is 16.0 Å². The third kappa shape index (κ3) is 2.71. The van der Waals surface area contributed by atoms with Crippen LogP contribution in [-0.2, 0) is 0 Å². The minimum absolute atomic E-state index is 0.0511. The summed E-state index contributed by atoms with van der Waals surface area (Å²) >= 11 is 0. The number of halogens is 2. The number of rotatable bonds is 4.